The number of rotatable bonds is 5. The third-order valence-electron chi connectivity index (χ3n) is 4.47. The average Bonchev–Trinajstić information content (AvgIpc) is 3.22. The van der Waals surface area contributed by atoms with Crippen molar-refractivity contribution >= 4 is 11.6 Å². The molecule has 0 saturated carbocycles. The van der Waals surface area contributed by atoms with E-state index in [0.717, 1.165) is 38.6 Å². The van der Waals surface area contributed by atoms with Gasteiger partial charge in [0.15, 0.2) is 0 Å². The first-order valence-electron chi connectivity index (χ1n) is 8.98. The molecule has 0 aliphatic carbocycles. The summed E-state index contributed by atoms with van der Waals surface area (Å²) in [6.07, 6.45) is 0. The van der Waals surface area contributed by atoms with Crippen molar-refractivity contribution in [2.75, 3.05) is 0 Å². The number of hydrogen-bond donors (Lipinski definition) is 0. The summed E-state index contributed by atoms with van der Waals surface area (Å²) in [5.41, 5.74) is 4.87. The van der Waals surface area contributed by atoms with E-state index in [1.807, 2.05) is 80.6 Å². The number of benzene rings is 3. The molecule has 0 radical (unpaired) electrons. The highest BCUT2D eigenvalue weighted by atomic mass is 35.5. The van der Waals surface area contributed by atoms with Gasteiger partial charge in [-0.05, 0) is 54.8 Å². The van der Waals surface area contributed by atoms with Gasteiger partial charge in [-0.3, -0.25) is 0 Å². The van der Waals surface area contributed by atoms with Crippen molar-refractivity contribution in [2.45, 2.75) is 20.5 Å². The minimum absolute atomic E-state index is 0.472. The second-order valence-corrected chi connectivity index (χ2v) is 7.02. The van der Waals surface area contributed by atoms with E-state index in [1.165, 1.54) is 0 Å². The molecule has 0 N–H and O–H groups in total. The molecule has 0 amide bonds. The number of aryl methyl sites for hydroxylation is 2. The summed E-state index contributed by atoms with van der Waals surface area (Å²) in [4.78, 5) is 4.48. The first kappa shape index (κ1) is 18.3. The van der Waals surface area contributed by atoms with Gasteiger partial charge in [-0.25, -0.2) is 0 Å². The Morgan fingerprint density at radius 1 is 0.893 bits per heavy atom. The number of ether oxygens (including phenoxy) is 1. The summed E-state index contributed by atoms with van der Waals surface area (Å²) in [5, 5.41) is 4.85. The summed E-state index contributed by atoms with van der Waals surface area (Å²) in [5.74, 6) is 1.89. The Morgan fingerprint density at radius 3 is 2.25 bits per heavy atom. The molecule has 4 nitrogen and oxygen atoms in total. The molecule has 0 atom stereocenters. The Bertz CT molecular complexity index is 1070. The monoisotopic (exact) mass is 390 g/mol. The summed E-state index contributed by atoms with van der Waals surface area (Å²) in [7, 11) is 0. The fourth-order valence-corrected chi connectivity index (χ4v) is 3.05. The van der Waals surface area contributed by atoms with Gasteiger partial charge in [0, 0.05) is 16.1 Å². The van der Waals surface area contributed by atoms with E-state index in [1.54, 1.807) is 0 Å². The van der Waals surface area contributed by atoms with Gasteiger partial charge in [0.25, 0.3) is 5.89 Å². The maximum absolute atomic E-state index is 6.21. The van der Waals surface area contributed by atoms with Crippen molar-refractivity contribution in [1.82, 2.24) is 10.1 Å². The van der Waals surface area contributed by atoms with E-state index in [-0.39, 0.29) is 0 Å². The molecule has 140 valence electrons. The van der Waals surface area contributed by atoms with Crippen molar-refractivity contribution in [3.05, 3.63) is 88.4 Å². The van der Waals surface area contributed by atoms with Crippen molar-refractivity contribution in [3.63, 3.8) is 0 Å². The van der Waals surface area contributed by atoms with E-state index in [0.29, 0.717) is 18.3 Å². The molecule has 1 aromatic heterocycles. The number of aromatic nitrogens is 2. The van der Waals surface area contributed by atoms with Crippen LogP contribution in [0.1, 0.15) is 16.7 Å². The molecule has 1 heterocycles. The second-order valence-electron chi connectivity index (χ2n) is 6.65. The van der Waals surface area contributed by atoms with Gasteiger partial charge >= 0.3 is 0 Å². The predicted octanol–water partition coefficient (Wildman–Crippen LogP) is 6.25. The van der Waals surface area contributed by atoms with Gasteiger partial charge < -0.3 is 9.26 Å². The van der Waals surface area contributed by atoms with Crippen LogP contribution in [0.25, 0.3) is 22.8 Å². The highest BCUT2D eigenvalue weighted by Crippen LogP contribution is 2.27. The van der Waals surface area contributed by atoms with Crippen molar-refractivity contribution in [2.24, 2.45) is 0 Å². The third-order valence-corrected chi connectivity index (χ3v) is 5.07. The van der Waals surface area contributed by atoms with Crippen LogP contribution < -0.4 is 4.74 Å². The van der Waals surface area contributed by atoms with E-state index < -0.39 is 0 Å². The maximum Gasteiger partial charge on any atom is 0.258 e. The molecule has 0 bridgehead atoms. The molecular formula is C23H19ClN2O2. The largest absolute Gasteiger partial charge is 0.489 e. The zero-order chi connectivity index (χ0) is 19.5. The molecule has 4 aromatic rings. The number of halogens is 1. The number of hydrogen-bond acceptors (Lipinski definition) is 4. The van der Waals surface area contributed by atoms with Gasteiger partial charge in [-0.15, -0.1) is 0 Å². The molecule has 0 unspecified atom stereocenters. The number of nitrogens with zero attached hydrogens (tertiary/aromatic N) is 2. The van der Waals surface area contributed by atoms with Crippen molar-refractivity contribution < 1.29 is 9.26 Å². The fraction of sp³-hybridized carbons (Fsp3) is 0.130. The molecule has 3 aromatic carbocycles. The molecule has 4 rings (SSSR count). The van der Waals surface area contributed by atoms with Crippen LogP contribution in [-0.2, 0) is 6.61 Å². The van der Waals surface area contributed by atoms with Gasteiger partial charge in [0.2, 0.25) is 5.82 Å². The summed E-state index contributed by atoms with van der Waals surface area (Å²) < 4.78 is 11.3. The van der Waals surface area contributed by atoms with Crippen LogP contribution in [0.5, 0.6) is 5.75 Å². The van der Waals surface area contributed by atoms with E-state index in [9.17, 15) is 0 Å². The molecule has 0 aliphatic heterocycles. The average molecular weight is 391 g/mol. The van der Waals surface area contributed by atoms with Gasteiger partial charge in [0.1, 0.15) is 12.4 Å². The van der Waals surface area contributed by atoms with Gasteiger partial charge in [-0.2, -0.15) is 4.98 Å². The summed E-state index contributed by atoms with van der Waals surface area (Å²) in [6.45, 7) is 4.43. The highest BCUT2D eigenvalue weighted by Gasteiger charge is 2.10. The predicted molar refractivity (Wildman–Crippen MR) is 110 cm³/mol. The lowest BCUT2D eigenvalue weighted by Crippen LogP contribution is -1.96. The lowest BCUT2D eigenvalue weighted by atomic mass is 10.1. The molecule has 5 heteroatoms. The smallest absolute Gasteiger partial charge is 0.258 e. The topological polar surface area (TPSA) is 48.2 Å². The van der Waals surface area contributed by atoms with Crippen LogP contribution in [-0.4, -0.2) is 10.1 Å². The SMILES string of the molecule is Cc1cc(OCc2ccc(-c3nc(-c4ccccc4)no3)cc2)cc(C)c1Cl. The zero-order valence-electron chi connectivity index (χ0n) is 15.6. The van der Waals surface area contributed by atoms with Crippen LogP contribution in [0, 0.1) is 13.8 Å². The normalized spacial score (nSPS) is 10.8. The van der Waals surface area contributed by atoms with E-state index in [2.05, 4.69) is 10.1 Å². The van der Waals surface area contributed by atoms with Crippen LogP contribution >= 0.6 is 11.6 Å². The Labute approximate surface area is 168 Å². The van der Waals surface area contributed by atoms with Crippen molar-refractivity contribution in [1.29, 1.82) is 0 Å². The lowest BCUT2D eigenvalue weighted by molar-refractivity contribution is 0.306. The van der Waals surface area contributed by atoms with Crippen LogP contribution in [0.15, 0.2) is 71.3 Å². The van der Waals surface area contributed by atoms with Gasteiger partial charge in [-0.1, -0.05) is 59.2 Å². The third kappa shape index (κ3) is 3.92. The standard InChI is InChI=1S/C23H19ClN2O2/c1-15-12-20(13-16(2)21(15)24)27-14-17-8-10-19(11-9-17)23-25-22(26-28-23)18-6-4-3-5-7-18/h3-13H,14H2,1-2H3. The van der Waals surface area contributed by atoms with E-state index >= 15 is 0 Å². The molecule has 28 heavy (non-hydrogen) atoms. The Hall–Kier alpha value is -3.11. The second kappa shape index (κ2) is 7.87. The minimum atomic E-state index is 0.472. The molecule has 0 spiro atoms. The molecular weight excluding hydrogens is 372 g/mol. The first-order valence-corrected chi connectivity index (χ1v) is 9.36. The summed E-state index contributed by atoms with van der Waals surface area (Å²) in [6, 6.07) is 21.6. The van der Waals surface area contributed by atoms with Crippen LogP contribution in [0.4, 0.5) is 0 Å². The van der Waals surface area contributed by atoms with E-state index in [4.69, 9.17) is 20.9 Å². The Kier molecular flexibility index (Phi) is 5.13. The summed E-state index contributed by atoms with van der Waals surface area (Å²) >= 11 is 6.21. The first-order chi connectivity index (χ1) is 13.6. The van der Waals surface area contributed by atoms with Gasteiger partial charge in [0.05, 0.1) is 0 Å². The van der Waals surface area contributed by atoms with Crippen LogP contribution in [0.2, 0.25) is 5.02 Å². The molecule has 0 fully saturated rings. The highest BCUT2D eigenvalue weighted by molar-refractivity contribution is 6.32. The lowest BCUT2D eigenvalue weighted by Gasteiger charge is -2.10. The molecule has 0 saturated heterocycles. The van der Waals surface area contributed by atoms with Crippen molar-refractivity contribution in [3.8, 4) is 28.6 Å². The fourth-order valence-electron chi connectivity index (χ4n) is 2.94. The maximum atomic E-state index is 6.21. The Balaban J connectivity index is 1.45. The Morgan fingerprint density at radius 2 is 1.57 bits per heavy atom. The van der Waals surface area contributed by atoms with Crippen LogP contribution in [0.3, 0.4) is 0 Å². The molecule has 0 aliphatic rings. The quantitative estimate of drug-likeness (QED) is 0.404. The zero-order valence-corrected chi connectivity index (χ0v) is 16.4. The minimum Gasteiger partial charge on any atom is -0.489 e.